The van der Waals surface area contributed by atoms with Crippen LogP contribution in [0.15, 0.2) is 42.5 Å². The van der Waals surface area contributed by atoms with Crippen LogP contribution in [0.1, 0.15) is 60.9 Å². The molecule has 3 N–H and O–H groups in total. The molecule has 0 saturated heterocycles. The summed E-state index contributed by atoms with van der Waals surface area (Å²) in [6.07, 6.45) is 0. The highest BCUT2D eigenvalue weighted by atomic mass is 16.7. The first kappa shape index (κ1) is 23.1. The normalized spacial score (nSPS) is 13.4. The first-order valence-corrected chi connectivity index (χ1v) is 10.5. The summed E-state index contributed by atoms with van der Waals surface area (Å²) < 4.78 is 10.5. The summed E-state index contributed by atoms with van der Waals surface area (Å²) in [7, 11) is 0. The summed E-state index contributed by atoms with van der Waals surface area (Å²) >= 11 is 0. The number of hydrazine groups is 1. The van der Waals surface area contributed by atoms with Gasteiger partial charge >= 0.3 is 0 Å². The Morgan fingerprint density at radius 2 is 1.47 bits per heavy atom. The zero-order valence-electron chi connectivity index (χ0n) is 18.9. The van der Waals surface area contributed by atoms with E-state index in [1.54, 1.807) is 24.3 Å². The van der Waals surface area contributed by atoms with Crippen LogP contribution in [0.25, 0.3) is 0 Å². The van der Waals surface area contributed by atoms with E-state index in [-0.39, 0.29) is 24.0 Å². The molecule has 2 aromatic carbocycles. The standard InChI is InChI=1S/C24H29N3O5/c1-14(2)20(25-21(28)15-6-9-17(10-7-15)24(3,4)5)23(30)27-26-22(29)16-8-11-18-19(12-16)32-13-31-18/h6-12,14,20H,13H2,1-5H3,(H,25,28)(H,26,29)(H,27,30)/t20-/m0/s1. The van der Waals surface area contributed by atoms with Crippen molar-refractivity contribution in [2.45, 2.75) is 46.1 Å². The van der Waals surface area contributed by atoms with Gasteiger partial charge in [0.1, 0.15) is 6.04 Å². The lowest BCUT2D eigenvalue weighted by atomic mass is 9.86. The molecule has 8 nitrogen and oxygen atoms in total. The monoisotopic (exact) mass is 439 g/mol. The lowest BCUT2D eigenvalue weighted by Crippen LogP contribution is -2.54. The van der Waals surface area contributed by atoms with Crippen molar-refractivity contribution in [3.8, 4) is 11.5 Å². The third kappa shape index (κ3) is 5.38. The zero-order chi connectivity index (χ0) is 23.5. The van der Waals surface area contributed by atoms with Crippen LogP contribution < -0.4 is 25.6 Å². The average Bonchev–Trinajstić information content (AvgIpc) is 3.22. The van der Waals surface area contributed by atoms with Gasteiger partial charge in [-0.25, -0.2) is 0 Å². The van der Waals surface area contributed by atoms with Crippen molar-refractivity contribution in [2.24, 2.45) is 5.92 Å². The van der Waals surface area contributed by atoms with Gasteiger partial charge in [0.25, 0.3) is 17.7 Å². The number of rotatable bonds is 5. The topological polar surface area (TPSA) is 106 Å². The number of carbonyl (C=O) groups excluding carboxylic acids is 3. The Kier molecular flexibility index (Phi) is 6.72. The second-order valence-electron chi connectivity index (χ2n) is 9.03. The number of ether oxygens (including phenoxy) is 2. The maximum Gasteiger partial charge on any atom is 0.269 e. The van der Waals surface area contributed by atoms with E-state index in [1.807, 2.05) is 26.0 Å². The van der Waals surface area contributed by atoms with Gasteiger partial charge in [-0.2, -0.15) is 0 Å². The summed E-state index contributed by atoms with van der Waals surface area (Å²) in [5, 5.41) is 2.75. The molecule has 1 aliphatic heterocycles. The lowest BCUT2D eigenvalue weighted by Gasteiger charge is -2.22. The first-order valence-electron chi connectivity index (χ1n) is 10.5. The quantitative estimate of drug-likeness (QED) is 0.621. The number of carbonyl (C=O) groups is 3. The molecule has 0 aromatic heterocycles. The van der Waals surface area contributed by atoms with Gasteiger partial charge in [0.2, 0.25) is 6.79 Å². The van der Waals surface area contributed by atoms with Crippen molar-refractivity contribution < 1.29 is 23.9 Å². The Labute approximate surface area is 187 Å². The number of fused-ring (bicyclic) bond motifs is 1. The maximum atomic E-state index is 12.7. The minimum atomic E-state index is -0.832. The minimum Gasteiger partial charge on any atom is -0.454 e. The highest BCUT2D eigenvalue weighted by Gasteiger charge is 2.26. The van der Waals surface area contributed by atoms with Gasteiger partial charge in [0, 0.05) is 11.1 Å². The predicted molar refractivity (Wildman–Crippen MR) is 119 cm³/mol. The highest BCUT2D eigenvalue weighted by molar-refractivity contribution is 5.99. The molecule has 0 radical (unpaired) electrons. The van der Waals surface area contributed by atoms with Crippen LogP contribution in [-0.2, 0) is 10.2 Å². The SMILES string of the molecule is CC(C)[C@H](NC(=O)c1ccc(C(C)(C)C)cc1)C(=O)NNC(=O)c1ccc2c(c1)OCO2. The largest absolute Gasteiger partial charge is 0.454 e. The molecule has 0 saturated carbocycles. The van der Waals surface area contributed by atoms with Crippen molar-refractivity contribution in [2.75, 3.05) is 6.79 Å². The molecule has 2 aromatic rings. The summed E-state index contributed by atoms with van der Waals surface area (Å²) in [4.78, 5) is 37.8. The highest BCUT2D eigenvalue weighted by Crippen LogP contribution is 2.32. The van der Waals surface area contributed by atoms with Gasteiger partial charge in [-0.05, 0) is 47.2 Å². The van der Waals surface area contributed by atoms with Crippen LogP contribution in [0.2, 0.25) is 0 Å². The molecule has 8 heteroatoms. The number of benzene rings is 2. The predicted octanol–water partition coefficient (Wildman–Crippen LogP) is 2.93. The van der Waals surface area contributed by atoms with Crippen molar-refractivity contribution in [3.05, 3.63) is 59.2 Å². The van der Waals surface area contributed by atoms with Gasteiger partial charge in [0.05, 0.1) is 0 Å². The van der Waals surface area contributed by atoms with E-state index in [2.05, 4.69) is 36.9 Å². The van der Waals surface area contributed by atoms with Gasteiger partial charge in [0.15, 0.2) is 11.5 Å². The Morgan fingerprint density at radius 3 is 2.09 bits per heavy atom. The second-order valence-corrected chi connectivity index (χ2v) is 9.03. The van der Waals surface area contributed by atoms with Crippen LogP contribution >= 0.6 is 0 Å². The molecule has 1 atom stereocenters. The molecule has 0 spiro atoms. The van der Waals surface area contributed by atoms with Crippen LogP contribution in [-0.4, -0.2) is 30.6 Å². The van der Waals surface area contributed by atoms with Gasteiger partial charge in [-0.3, -0.25) is 25.2 Å². The van der Waals surface area contributed by atoms with Crippen LogP contribution in [0, 0.1) is 5.92 Å². The zero-order valence-corrected chi connectivity index (χ0v) is 18.9. The van der Waals surface area contributed by atoms with Gasteiger partial charge < -0.3 is 14.8 Å². The Morgan fingerprint density at radius 1 is 0.844 bits per heavy atom. The maximum absolute atomic E-state index is 12.7. The second kappa shape index (κ2) is 9.30. The summed E-state index contributed by atoms with van der Waals surface area (Å²) in [6.45, 7) is 10.0. The summed E-state index contributed by atoms with van der Waals surface area (Å²) in [5.41, 5.74) is 6.62. The Bertz CT molecular complexity index is 1010. The number of hydrogen-bond donors (Lipinski definition) is 3. The third-order valence-corrected chi connectivity index (χ3v) is 5.18. The number of nitrogens with one attached hydrogen (secondary N) is 3. The Hall–Kier alpha value is -3.55. The van der Waals surface area contributed by atoms with E-state index in [9.17, 15) is 14.4 Å². The summed E-state index contributed by atoms with van der Waals surface area (Å²) in [6, 6.07) is 11.2. The average molecular weight is 440 g/mol. The molecule has 0 fully saturated rings. The van der Waals surface area contributed by atoms with E-state index in [4.69, 9.17) is 9.47 Å². The fraction of sp³-hybridized carbons (Fsp3) is 0.375. The molecule has 0 unspecified atom stereocenters. The third-order valence-electron chi connectivity index (χ3n) is 5.18. The molecular formula is C24H29N3O5. The Balaban J connectivity index is 1.60. The van der Waals surface area contributed by atoms with E-state index in [1.165, 1.54) is 6.07 Å². The van der Waals surface area contributed by atoms with Crippen LogP contribution in [0.4, 0.5) is 0 Å². The molecule has 32 heavy (non-hydrogen) atoms. The van der Waals surface area contributed by atoms with Crippen molar-refractivity contribution in [1.29, 1.82) is 0 Å². The van der Waals surface area contributed by atoms with E-state index in [0.717, 1.165) is 5.56 Å². The van der Waals surface area contributed by atoms with Crippen molar-refractivity contribution in [1.82, 2.24) is 16.2 Å². The minimum absolute atomic E-state index is 0.0223. The molecule has 0 bridgehead atoms. The van der Waals surface area contributed by atoms with Crippen molar-refractivity contribution >= 4 is 17.7 Å². The lowest BCUT2D eigenvalue weighted by molar-refractivity contribution is -0.124. The smallest absolute Gasteiger partial charge is 0.269 e. The van der Waals surface area contributed by atoms with Crippen LogP contribution in [0.3, 0.4) is 0 Å². The number of amides is 3. The molecule has 1 heterocycles. The van der Waals surface area contributed by atoms with E-state index < -0.39 is 17.9 Å². The fourth-order valence-electron chi connectivity index (χ4n) is 3.19. The first-order chi connectivity index (χ1) is 15.1. The molecule has 0 aliphatic carbocycles. The van der Waals surface area contributed by atoms with Gasteiger partial charge in [-0.1, -0.05) is 46.8 Å². The van der Waals surface area contributed by atoms with E-state index >= 15 is 0 Å². The summed E-state index contributed by atoms with van der Waals surface area (Å²) in [5.74, 6) is -0.564. The molecule has 170 valence electrons. The van der Waals surface area contributed by atoms with Crippen LogP contribution in [0.5, 0.6) is 11.5 Å². The number of hydrogen-bond acceptors (Lipinski definition) is 5. The molecular weight excluding hydrogens is 410 g/mol. The molecule has 3 rings (SSSR count). The van der Waals surface area contributed by atoms with Gasteiger partial charge in [-0.15, -0.1) is 0 Å². The molecule has 1 aliphatic rings. The fourth-order valence-corrected chi connectivity index (χ4v) is 3.19. The van der Waals surface area contributed by atoms with Crippen molar-refractivity contribution in [3.63, 3.8) is 0 Å². The van der Waals surface area contributed by atoms with E-state index in [0.29, 0.717) is 22.6 Å². The molecule has 3 amide bonds.